The first kappa shape index (κ1) is 16.8. The molecule has 0 atom stereocenters. The van der Waals surface area contributed by atoms with Gasteiger partial charge in [-0.25, -0.2) is 17.2 Å². The molecule has 1 aromatic heterocycles. The molecule has 0 fully saturated rings. The number of nitriles is 1. The molecule has 6 nitrogen and oxygen atoms in total. The molecule has 23 heavy (non-hydrogen) atoms. The third-order valence-electron chi connectivity index (χ3n) is 3.61. The van der Waals surface area contributed by atoms with E-state index in [1.807, 2.05) is 6.07 Å². The predicted octanol–water partition coefficient (Wildman–Crippen LogP) is 2.24. The van der Waals surface area contributed by atoms with E-state index < -0.39 is 16.0 Å². The highest BCUT2D eigenvalue weighted by molar-refractivity contribution is 7.89. The van der Waals surface area contributed by atoms with Gasteiger partial charge in [0.2, 0.25) is 10.0 Å². The largest absolute Gasteiger partial charge is 0.465 e. The van der Waals surface area contributed by atoms with Gasteiger partial charge in [0.1, 0.15) is 0 Å². The molecule has 2 aromatic rings. The monoisotopic (exact) mass is 332 g/mol. The van der Waals surface area contributed by atoms with Crippen LogP contribution in [0.4, 0.5) is 0 Å². The van der Waals surface area contributed by atoms with Gasteiger partial charge in [-0.2, -0.15) is 5.26 Å². The van der Waals surface area contributed by atoms with Crippen molar-refractivity contribution in [3.05, 3.63) is 46.8 Å². The topological polar surface area (TPSA) is 89.2 Å². The van der Waals surface area contributed by atoms with Crippen molar-refractivity contribution in [3.8, 4) is 17.2 Å². The zero-order valence-electron chi connectivity index (χ0n) is 13.2. The summed E-state index contributed by atoms with van der Waals surface area (Å²) in [5.74, 6) is -0.604. The summed E-state index contributed by atoms with van der Waals surface area (Å²) < 4.78 is 30.0. The first-order chi connectivity index (χ1) is 10.7. The van der Waals surface area contributed by atoms with E-state index in [9.17, 15) is 13.2 Å². The molecule has 7 heteroatoms. The highest BCUT2D eigenvalue weighted by Gasteiger charge is 2.28. The SMILES string of the molecule is COC(=O)c1c(-c2ccc(C#N)cc2)c(C)n(S(C)(=O)=O)c1C. The minimum absolute atomic E-state index is 0.208. The summed E-state index contributed by atoms with van der Waals surface area (Å²) in [7, 11) is -2.32. The van der Waals surface area contributed by atoms with Crippen LogP contribution >= 0.6 is 0 Å². The lowest BCUT2D eigenvalue weighted by atomic mass is 9.99. The third-order valence-corrected chi connectivity index (χ3v) is 4.82. The molecule has 120 valence electrons. The maximum Gasteiger partial charge on any atom is 0.340 e. The Hall–Kier alpha value is -2.59. The van der Waals surface area contributed by atoms with E-state index in [0.29, 0.717) is 28.1 Å². The van der Waals surface area contributed by atoms with Crippen molar-refractivity contribution in [2.24, 2.45) is 0 Å². The lowest BCUT2D eigenvalue weighted by Gasteiger charge is -2.06. The van der Waals surface area contributed by atoms with Crippen LogP contribution in [0.2, 0.25) is 0 Å². The number of carbonyl (C=O) groups excluding carboxylic acids is 1. The maximum absolute atomic E-state index is 12.2. The molecular formula is C16H16N2O4S. The number of hydrogen-bond donors (Lipinski definition) is 0. The van der Waals surface area contributed by atoms with E-state index in [2.05, 4.69) is 0 Å². The molecule has 0 aliphatic rings. The van der Waals surface area contributed by atoms with Gasteiger partial charge in [0.25, 0.3) is 0 Å². The molecule has 0 unspecified atom stereocenters. The molecule has 0 aliphatic carbocycles. The molecular weight excluding hydrogens is 316 g/mol. The summed E-state index contributed by atoms with van der Waals surface area (Å²) in [5, 5.41) is 8.88. The van der Waals surface area contributed by atoms with Crippen molar-refractivity contribution in [2.45, 2.75) is 13.8 Å². The molecule has 2 rings (SSSR count). The summed E-state index contributed by atoms with van der Waals surface area (Å²) in [6.07, 6.45) is 1.08. The van der Waals surface area contributed by atoms with Crippen molar-refractivity contribution >= 4 is 16.0 Å². The van der Waals surface area contributed by atoms with Crippen molar-refractivity contribution in [3.63, 3.8) is 0 Å². The summed E-state index contributed by atoms with van der Waals surface area (Å²) in [5.41, 5.74) is 2.55. The smallest absolute Gasteiger partial charge is 0.340 e. The van der Waals surface area contributed by atoms with Crippen LogP contribution in [0.15, 0.2) is 24.3 Å². The lowest BCUT2D eigenvalue weighted by Crippen LogP contribution is -2.14. The zero-order valence-corrected chi connectivity index (χ0v) is 14.1. The van der Waals surface area contributed by atoms with Crippen LogP contribution < -0.4 is 0 Å². The minimum Gasteiger partial charge on any atom is -0.465 e. The molecule has 0 bridgehead atoms. The summed E-state index contributed by atoms with van der Waals surface area (Å²) in [6.45, 7) is 3.20. The predicted molar refractivity (Wildman–Crippen MR) is 85.6 cm³/mol. The second-order valence-corrected chi connectivity index (χ2v) is 6.96. The van der Waals surface area contributed by atoms with Crippen LogP contribution in [0.5, 0.6) is 0 Å². The van der Waals surface area contributed by atoms with Crippen molar-refractivity contribution < 1.29 is 17.9 Å². The van der Waals surface area contributed by atoms with Gasteiger partial charge >= 0.3 is 5.97 Å². The number of hydrogen-bond acceptors (Lipinski definition) is 5. The average Bonchev–Trinajstić information content (AvgIpc) is 2.77. The van der Waals surface area contributed by atoms with Gasteiger partial charge in [0.05, 0.1) is 30.6 Å². The van der Waals surface area contributed by atoms with E-state index in [4.69, 9.17) is 10.00 Å². The fourth-order valence-corrected chi connectivity index (χ4v) is 3.91. The summed E-state index contributed by atoms with van der Waals surface area (Å²) >= 11 is 0. The molecule has 0 N–H and O–H groups in total. The summed E-state index contributed by atoms with van der Waals surface area (Å²) in [6, 6.07) is 8.60. The second kappa shape index (κ2) is 5.89. The van der Waals surface area contributed by atoms with Crippen LogP contribution in [-0.2, 0) is 14.8 Å². The fraction of sp³-hybridized carbons (Fsp3) is 0.250. The van der Waals surface area contributed by atoms with Crippen LogP contribution in [0.1, 0.15) is 27.3 Å². The van der Waals surface area contributed by atoms with Gasteiger partial charge in [-0.05, 0) is 31.5 Å². The number of methoxy groups -OCH3 is 1. The van der Waals surface area contributed by atoms with Gasteiger partial charge in [0, 0.05) is 17.0 Å². The Morgan fingerprint density at radius 1 is 1.17 bits per heavy atom. The van der Waals surface area contributed by atoms with Crippen LogP contribution in [0.25, 0.3) is 11.1 Å². The van der Waals surface area contributed by atoms with E-state index in [1.54, 1.807) is 38.1 Å². The van der Waals surface area contributed by atoms with Crippen molar-refractivity contribution in [1.82, 2.24) is 3.97 Å². The molecule has 1 aromatic carbocycles. The van der Waals surface area contributed by atoms with E-state index in [0.717, 1.165) is 10.2 Å². The number of benzene rings is 1. The van der Waals surface area contributed by atoms with Crippen molar-refractivity contribution in [2.75, 3.05) is 13.4 Å². The number of carbonyl (C=O) groups is 1. The number of ether oxygens (including phenoxy) is 1. The minimum atomic E-state index is -3.57. The standard InChI is InChI=1S/C16H16N2O4S/c1-10-14(13-7-5-12(9-17)6-8-13)15(16(19)22-3)11(2)18(10)23(4,20)21/h5-8H,1-4H3. The number of nitrogens with zero attached hydrogens (tertiary/aromatic N) is 2. The van der Waals surface area contributed by atoms with Crippen LogP contribution in [-0.4, -0.2) is 31.7 Å². The van der Waals surface area contributed by atoms with E-state index in [1.165, 1.54) is 7.11 Å². The van der Waals surface area contributed by atoms with Crippen LogP contribution in [0.3, 0.4) is 0 Å². The molecule has 0 spiro atoms. The Morgan fingerprint density at radius 2 is 1.74 bits per heavy atom. The number of esters is 1. The Balaban J connectivity index is 2.85. The first-order valence-electron chi connectivity index (χ1n) is 6.73. The van der Waals surface area contributed by atoms with Gasteiger partial charge in [-0.1, -0.05) is 12.1 Å². The molecule has 0 amide bonds. The van der Waals surface area contributed by atoms with Gasteiger partial charge in [-0.15, -0.1) is 0 Å². The van der Waals surface area contributed by atoms with Crippen molar-refractivity contribution in [1.29, 1.82) is 5.26 Å². The van der Waals surface area contributed by atoms with Gasteiger partial charge in [-0.3, -0.25) is 0 Å². The first-order valence-corrected chi connectivity index (χ1v) is 8.58. The third kappa shape index (κ3) is 2.85. The van der Waals surface area contributed by atoms with Gasteiger partial charge < -0.3 is 4.74 Å². The molecule has 1 heterocycles. The quantitative estimate of drug-likeness (QED) is 0.804. The highest BCUT2D eigenvalue weighted by atomic mass is 32.2. The summed E-state index contributed by atoms with van der Waals surface area (Å²) in [4.78, 5) is 12.2. The molecule has 0 saturated heterocycles. The maximum atomic E-state index is 12.2. The Morgan fingerprint density at radius 3 is 2.17 bits per heavy atom. The van der Waals surface area contributed by atoms with E-state index in [-0.39, 0.29) is 5.56 Å². The van der Waals surface area contributed by atoms with Gasteiger partial charge in [0.15, 0.2) is 0 Å². The normalized spacial score (nSPS) is 11.1. The Bertz CT molecular complexity index is 916. The molecule has 0 radical (unpaired) electrons. The highest BCUT2D eigenvalue weighted by Crippen LogP contribution is 2.33. The number of rotatable bonds is 3. The van der Waals surface area contributed by atoms with Crippen LogP contribution in [0, 0.1) is 25.2 Å². The average molecular weight is 332 g/mol. The number of aromatic nitrogens is 1. The second-order valence-electron chi connectivity index (χ2n) is 5.13. The lowest BCUT2D eigenvalue weighted by molar-refractivity contribution is 0.0601. The fourth-order valence-electron chi connectivity index (χ4n) is 2.73. The Labute approximate surface area is 135 Å². The Kier molecular flexibility index (Phi) is 4.30. The van der Waals surface area contributed by atoms with E-state index >= 15 is 0 Å². The molecule has 0 saturated carbocycles. The molecule has 0 aliphatic heterocycles. The zero-order chi connectivity index (χ0) is 17.4.